The van der Waals surface area contributed by atoms with E-state index in [-0.39, 0.29) is 5.91 Å². The molecule has 0 aromatic heterocycles. The van der Waals surface area contributed by atoms with E-state index in [4.69, 9.17) is 5.73 Å². The first-order valence-electron chi connectivity index (χ1n) is 7.55. The highest BCUT2D eigenvalue weighted by Crippen LogP contribution is 2.60. The molecule has 2 nitrogen and oxygen atoms in total. The van der Waals surface area contributed by atoms with Crippen molar-refractivity contribution >= 4 is 5.91 Å². The lowest BCUT2D eigenvalue weighted by Crippen LogP contribution is -2.48. The van der Waals surface area contributed by atoms with E-state index < -0.39 is 0 Å². The highest BCUT2D eigenvalue weighted by atomic mass is 16.1. The predicted molar refractivity (Wildman–Crippen MR) is 74.8 cm³/mol. The van der Waals surface area contributed by atoms with Gasteiger partial charge < -0.3 is 5.73 Å². The van der Waals surface area contributed by atoms with Crippen molar-refractivity contribution < 1.29 is 4.79 Å². The summed E-state index contributed by atoms with van der Waals surface area (Å²) in [7, 11) is 0. The lowest BCUT2D eigenvalue weighted by atomic mass is 9.48. The fourth-order valence-corrected chi connectivity index (χ4v) is 5.47. The van der Waals surface area contributed by atoms with Crippen molar-refractivity contribution in [3.05, 3.63) is 35.4 Å². The summed E-state index contributed by atoms with van der Waals surface area (Å²) in [6, 6.07) is 8.13. The molecule has 5 rings (SSSR count). The third-order valence-electron chi connectivity index (χ3n) is 5.80. The van der Waals surface area contributed by atoms with Crippen molar-refractivity contribution in [2.24, 2.45) is 23.5 Å². The first-order valence-corrected chi connectivity index (χ1v) is 7.55. The topological polar surface area (TPSA) is 43.1 Å². The predicted octanol–water partition coefficient (Wildman–Crippen LogP) is 3.25. The maximum atomic E-state index is 11.4. The molecule has 0 saturated heterocycles. The van der Waals surface area contributed by atoms with Gasteiger partial charge in [-0.1, -0.05) is 12.1 Å². The van der Waals surface area contributed by atoms with E-state index in [0.717, 1.165) is 17.8 Å². The van der Waals surface area contributed by atoms with Gasteiger partial charge in [-0.05, 0) is 79.4 Å². The van der Waals surface area contributed by atoms with E-state index in [9.17, 15) is 4.79 Å². The van der Waals surface area contributed by atoms with Gasteiger partial charge in [0.05, 0.1) is 0 Å². The Morgan fingerprint density at radius 3 is 2.16 bits per heavy atom. The molecule has 0 heterocycles. The molecule has 0 unspecified atom stereocenters. The molecule has 4 fully saturated rings. The molecular formula is C17H21NO. The van der Waals surface area contributed by atoms with E-state index >= 15 is 0 Å². The molecule has 4 bridgehead atoms. The van der Waals surface area contributed by atoms with Crippen LogP contribution in [-0.2, 0) is 5.41 Å². The van der Waals surface area contributed by atoms with Gasteiger partial charge in [-0.2, -0.15) is 0 Å². The van der Waals surface area contributed by atoms with Crippen LogP contribution in [0.4, 0.5) is 0 Å². The summed E-state index contributed by atoms with van der Waals surface area (Å²) in [6.45, 7) is 0. The minimum Gasteiger partial charge on any atom is -0.366 e. The van der Waals surface area contributed by atoms with Crippen LogP contribution < -0.4 is 5.73 Å². The lowest BCUT2D eigenvalue weighted by molar-refractivity contribution is -0.00520. The van der Waals surface area contributed by atoms with E-state index in [0.29, 0.717) is 11.0 Å². The molecular weight excluding hydrogens is 234 g/mol. The van der Waals surface area contributed by atoms with Gasteiger partial charge in [0.25, 0.3) is 0 Å². The van der Waals surface area contributed by atoms with E-state index in [2.05, 4.69) is 12.1 Å². The zero-order valence-electron chi connectivity index (χ0n) is 11.3. The van der Waals surface area contributed by atoms with Gasteiger partial charge in [-0.25, -0.2) is 0 Å². The molecule has 0 atom stereocenters. The van der Waals surface area contributed by atoms with Crippen LogP contribution in [0.2, 0.25) is 0 Å². The van der Waals surface area contributed by atoms with Crippen molar-refractivity contribution in [3.63, 3.8) is 0 Å². The minimum absolute atomic E-state index is 0.299. The second kappa shape index (κ2) is 3.84. The summed E-state index contributed by atoms with van der Waals surface area (Å²) < 4.78 is 0. The van der Waals surface area contributed by atoms with Crippen molar-refractivity contribution in [1.29, 1.82) is 0 Å². The fraction of sp³-hybridized carbons (Fsp3) is 0.588. The lowest BCUT2D eigenvalue weighted by Gasteiger charge is -2.57. The second-order valence-corrected chi connectivity index (χ2v) is 7.14. The first kappa shape index (κ1) is 11.5. The van der Waals surface area contributed by atoms with Gasteiger partial charge in [0, 0.05) is 5.56 Å². The molecule has 1 aromatic rings. The largest absolute Gasteiger partial charge is 0.366 e. The molecule has 1 aromatic carbocycles. The summed E-state index contributed by atoms with van der Waals surface area (Å²) in [4.78, 5) is 11.4. The molecule has 4 aliphatic carbocycles. The van der Waals surface area contributed by atoms with Crippen LogP contribution in [0, 0.1) is 17.8 Å². The van der Waals surface area contributed by atoms with Crippen LogP contribution in [0.15, 0.2) is 24.3 Å². The van der Waals surface area contributed by atoms with Gasteiger partial charge in [0.15, 0.2) is 0 Å². The highest BCUT2D eigenvalue weighted by Gasteiger charge is 2.51. The summed E-state index contributed by atoms with van der Waals surface area (Å²) in [5.41, 5.74) is 7.85. The molecule has 2 N–H and O–H groups in total. The number of hydrogen-bond donors (Lipinski definition) is 1. The van der Waals surface area contributed by atoms with Crippen LogP contribution in [-0.4, -0.2) is 5.91 Å². The molecule has 0 spiro atoms. The summed E-state index contributed by atoms with van der Waals surface area (Å²) in [5.74, 6) is 2.50. The molecule has 4 aliphatic rings. The monoisotopic (exact) mass is 255 g/mol. The Labute approximate surface area is 114 Å². The van der Waals surface area contributed by atoms with Gasteiger partial charge in [0.1, 0.15) is 0 Å². The van der Waals surface area contributed by atoms with Crippen molar-refractivity contribution in [2.75, 3.05) is 0 Å². The van der Waals surface area contributed by atoms with E-state index in [1.807, 2.05) is 12.1 Å². The molecule has 4 saturated carbocycles. The number of primary amides is 1. The Morgan fingerprint density at radius 1 is 1.05 bits per heavy atom. The van der Waals surface area contributed by atoms with Crippen LogP contribution in [0.3, 0.4) is 0 Å². The molecule has 2 heteroatoms. The van der Waals surface area contributed by atoms with Crippen LogP contribution in [0.25, 0.3) is 0 Å². The average molecular weight is 255 g/mol. The summed E-state index contributed by atoms with van der Waals surface area (Å²) in [6.07, 6.45) is 8.36. The number of carbonyl (C=O) groups is 1. The molecule has 1 amide bonds. The van der Waals surface area contributed by atoms with Crippen molar-refractivity contribution in [3.8, 4) is 0 Å². The quantitative estimate of drug-likeness (QED) is 0.866. The number of hydrogen-bond acceptors (Lipinski definition) is 1. The van der Waals surface area contributed by atoms with Gasteiger partial charge in [-0.15, -0.1) is 0 Å². The SMILES string of the molecule is NC(=O)c1cccc(C23CC4CC(CC(C4)C2)C3)c1. The van der Waals surface area contributed by atoms with Crippen molar-refractivity contribution in [2.45, 2.75) is 43.9 Å². The molecule has 100 valence electrons. The van der Waals surface area contributed by atoms with Gasteiger partial charge in [-0.3, -0.25) is 4.79 Å². The summed E-state index contributed by atoms with van der Waals surface area (Å²) in [5, 5.41) is 0. The van der Waals surface area contributed by atoms with Crippen LogP contribution in [0.1, 0.15) is 54.4 Å². The Kier molecular flexibility index (Phi) is 2.33. The normalized spacial score (nSPS) is 39.5. The zero-order chi connectivity index (χ0) is 13.0. The van der Waals surface area contributed by atoms with Crippen LogP contribution in [0.5, 0.6) is 0 Å². The Bertz CT molecular complexity index is 499. The Hall–Kier alpha value is -1.31. The zero-order valence-corrected chi connectivity index (χ0v) is 11.3. The maximum Gasteiger partial charge on any atom is 0.248 e. The standard InChI is InChI=1S/C17H21NO/c18-16(19)14-2-1-3-15(7-14)17-8-11-4-12(9-17)6-13(5-11)10-17/h1-3,7,11-13H,4-6,8-10H2,(H2,18,19). The smallest absolute Gasteiger partial charge is 0.248 e. The Morgan fingerprint density at radius 2 is 1.63 bits per heavy atom. The second-order valence-electron chi connectivity index (χ2n) is 7.14. The number of rotatable bonds is 2. The third kappa shape index (κ3) is 1.73. The van der Waals surface area contributed by atoms with Crippen molar-refractivity contribution in [1.82, 2.24) is 0 Å². The highest BCUT2D eigenvalue weighted by molar-refractivity contribution is 5.92. The van der Waals surface area contributed by atoms with Gasteiger partial charge >= 0.3 is 0 Å². The minimum atomic E-state index is -0.299. The summed E-state index contributed by atoms with van der Waals surface area (Å²) >= 11 is 0. The molecule has 0 radical (unpaired) electrons. The number of carbonyl (C=O) groups excluding carboxylic acids is 1. The third-order valence-corrected chi connectivity index (χ3v) is 5.80. The molecule has 0 aliphatic heterocycles. The van der Waals surface area contributed by atoms with Gasteiger partial charge in [0.2, 0.25) is 5.91 Å². The number of nitrogens with two attached hydrogens (primary N) is 1. The van der Waals surface area contributed by atoms with E-state index in [1.165, 1.54) is 44.1 Å². The first-order chi connectivity index (χ1) is 9.14. The average Bonchev–Trinajstić information content (AvgIpc) is 2.37. The Balaban J connectivity index is 1.75. The fourth-order valence-electron chi connectivity index (χ4n) is 5.47. The van der Waals surface area contributed by atoms with E-state index in [1.54, 1.807) is 0 Å². The molecule has 19 heavy (non-hydrogen) atoms. The van der Waals surface area contributed by atoms with Crippen LogP contribution >= 0.6 is 0 Å². The number of benzene rings is 1. The number of amides is 1. The maximum absolute atomic E-state index is 11.4.